The van der Waals surface area contributed by atoms with Gasteiger partial charge in [0.15, 0.2) is 11.5 Å². The number of amides is 1. The van der Waals surface area contributed by atoms with Crippen molar-refractivity contribution in [3.63, 3.8) is 0 Å². The zero-order valence-corrected chi connectivity index (χ0v) is 20.9. The van der Waals surface area contributed by atoms with Gasteiger partial charge in [0, 0.05) is 30.3 Å². The summed E-state index contributed by atoms with van der Waals surface area (Å²) >= 11 is 0. The fourth-order valence-corrected chi connectivity index (χ4v) is 5.62. The molecule has 186 valence electrons. The van der Waals surface area contributed by atoms with E-state index in [1.54, 1.807) is 31.2 Å². The second kappa shape index (κ2) is 10.5. The molecular formula is C25H30N4O5S. The Bertz CT molecular complexity index is 1280. The monoisotopic (exact) mass is 498 g/mol. The van der Waals surface area contributed by atoms with Gasteiger partial charge in [-0.2, -0.15) is 9.40 Å². The van der Waals surface area contributed by atoms with E-state index in [2.05, 4.69) is 17.3 Å². The van der Waals surface area contributed by atoms with Gasteiger partial charge in [0.25, 0.3) is 5.91 Å². The van der Waals surface area contributed by atoms with Crippen molar-refractivity contribution in [2.75, 3.05) is 32.6 Å². The number of hydrogen-bond donors (Lipinski definition) is 1. The summed E-state index contributed by atoms with van der Waals surface area (Å²) in [5.74, 6) is 1.88. The van der Waals surface area contributed by atoms with Crippen LogP contribution in [-0.2, 0) is 16.6 Å². The van der Waals surface area contributed by atoms with Gasteiger partial charge in [0.2, 0.25) is 10.0 Å². The van der Waals surface area contributed by atoms with Gasteiger partial charge in [-0.1, -0.05) is 19.1 Å². The van der Waals surface area contributed by atoms with Crippen molar-refractivity contribution in [2.24, 2.45) is 5.92 Å². The largest absolute Gasteiger partial charge is 0.493 e. The van der Waals surface area contributed by atoms with E-state index in [1.807, 2.05) is 18.2 Å². The number of carbonyl (C=O) groups is 1. The number of hydrogen-bond acceptors (Lipinski definition) is 6. The van der Waals surface area contributed by atoms with E-state index >= 15 is 0 Å². The highest BCUT2D eigenvalue weighted by molar-refractivity contribution is 7.89. The Morgan fingerprint density at radius 3 is 2.43 bits per heavy atom. The number of sulfonamides is 1. The number of nitrogens with zero attached hydrogens (tertiary/aromatic N) is 3. The quantitative estimate of drug-likeness (QED) is 0.509. The third-order valence-electron chi connectivity index (χ3n) is 6.26. The van der Waals surface area contributed by atoms with Crippen LogP contribution in [0.2, 0.25) is 0 Å². The van der Waals surface area contributed by atoms with Crippen molar-refractivity contribution >= 4 is 21.7 Å². The van der Waals surface area contributed by atoms with E-state index < -0.39 is 10.0 Å². The topological polar surface area (TPSA) is 103 Å². The number of rotatable bonds is 8. The molecule has 0 radical (unpaired) electrons. The Kier molecular flexibility index (Phi) is 7.42. The highest BCUT2D eigenvalue weighted by Crippen LogP contribution is 2.31. The molecule has 9 nitrogen and oxygen atoms in total. The molecule has 2 heterocycles. The number of anilines is 1. The molecule has 0 saturated carbocycles. The minimum atomic E-state index is -3.57. The maximum Gasteiger partial charge on any atom is 0.256 e. The van der Waals surface area contributed by atoms with Gasteiger partial charge in [0.05, 0.1) is 31.9 Å². The second-order valence-corrected chi connectivity index (χ2v) is 10.5. The van der Waals surface area contributed by atoms with Crippen LogP contribution < -0.4 is 14.8 Å². The smallest absolute Gasteiger partial charge is 0.256 e. The highest BCUT2D eigenvalue weighted by Gasteiger charge is 2.28. The summed E-state index contributed by atoms with van der Waals surface area (Å²) in [6.07, 6.45) is 3.31. The molecule has 0 spiro atoms. The summed E-state index contributed by atoms with van der Waals surface area (Å²) in [5, 5.41) is 7.16. The van der Waals surface area contributed by atoms with Gasteiger partial charge in [-0.25, -0.2) is 13.1 Å². The molecule has 1 amide bonds. The predicted octanol–water partition coefficient (Wildman–Crippen LogP) is 3.62. The summed E-state index contributed by atoms with van der Waals surface area (Å²) in [5.41, 5.74) is 1.19. The summed E-state index contributed by atoms with van der Waals surface area (Å²) in [6.45, 7) is 3.53. The molecule has 35 heavy (non-hydrogen) atoms. The molecule has 3 aromatic rings. The Hall–Kier alpha value is -3.37. The summed E-state index contributed by atoms with van der Waals surface area (Å²) in [4.78, 5) is 13.1. The van der Waals surface area contributed by atoms with Gasteiger partial charge in [-0.15, -0.1) is 0 Å². The number of nitrogens with one attached hydrogen (secondary N) is 1. The first-order valence-electron chi connectivity index (χ1n) is 11.5. The van der Waals surface area contributed by atoms with Crippen molar-refractivity contribution in [1.82, 2.24) is 14.1 Å². The fraction of sp³-hybridized carbons (Fsp3) is 0.360. The SMILES string of the molecule is COc1cccc(Cn2nccc2NC(=O)c2ccc(S(=O)(=O)N3CCC(C)CC3)cc2)c1OC. The molecule has 4 rings (SSSR count). The Labute approximate surface area is 205 Å². The maximum absolute atomic E-state index is 12.9. The van der Waals surface area contributed by atoms with E-state index in [0.717, 1.165) is 18.4 Å². The van der Waals surface area contributed by atoms with Gasteiger partial charge < -0.3 is 14.8 Å². The average molecular weight is 499 g/mol. The number of carbonyl (C=O) groups excluding carboxylic acids is 1. The summed E-state index contributed by atoms with van der Waals surface area (Å²) < 4.78 is 39.9. The first-order valence-corrected chi connectivity index (χ1v) is 12.9. The molecule has 1 aromatic heterocycles. The van der Waals surface area contributed by atoms with Crippen LogP contribution in [0.4, 0.5) is 5.82 Å². The molecule has 1 aliphatic heterocycles. The second-order valence-electron chi connectivity index (χ2n) is 8.59. The van der Waals surface area contributed by atoms with Crippen LogP contribution in [0.1, 0.15) is 35.7 Å². The zero-order valence-electron chi connectivity index (χ0n) is 20.1. The summed E-state index contributed by atoms with van der Waals surface area (Å²) in [7, 11) is -0.420. The van der Waals surface area contributed by atoms with Crippen LogP contribution >= 0.6 is 0 Å². The number of para-hydroxylation sites is 1. The first-order chi connectivity index (χ1) is 16.8. The molecule has 1 saturated heterocycles. The van der Waals surface area contributed by atoms with Gasteiger partial charge >= 0.3 is 0 Å². The normalized spacial score (nSPS) is 15.1. The van der Waals surface area contributed by atoms with Crippen molar-refractivity contribution in [2.45, 2.75) is 31.2 Å². The van der Waals surface area contributed by atoms with Gasteiger partial charge in [-0.3, -0.25) is 4.79 Å². The molecule has 1 N–H and O–H groups in total. The minimum absolute atomic E-state index is 0.193. The molecular weight excluding hydrogens is 468 g/mol. The molecule has 10 heteroatoms. The van der Waals surface area contributed by atoms with Crippen molar-refractivity contribution in [1.29, 1.82) is 0 Å². The molecule has 2 aromatic carbocycles. The first kappa shape index (κ1) is 24.7. The molecule has 1 aliphatic rings. The number of aromatic nitrogens is 2. The van der Waals surface area contributed by atoms with Gasteiger partial charge in [0.1, 0.15) is 5.82 Å². The number of ether oxygens (including phenoxy) is 2. The lowest BCUT2D eigenvalue weighted by atomic mass is 10.0. The van der Waals surface area contributed by atoms with Gasteiger partial charge in [-0.05, 0) is 49.1 Å². The maximum atomic E-state index is 12.9. The Balaban J connectivity index is 1.47. The molecule has 0 atom stereocenters. The number of piperidine rings is 1. The van der Waals surface area contributed by atoms with E-state index in [9.17, 15) is 13.2 Å². The molecule has 1 fully saturated rings. The van der Waals surface area contributed by atoms with Crippen LogP contribution in [-0.4, -0.2) is 55.7 Å². The van der Waals surface area contributed by atoms with Crippen LogP contribution in [0.15, 0.2) is 59.6 Å². The van der Waals surface area contributed by atoms with E-state index in [1.165, 1.54) is 28.6 Å². The Morgan fingerprint density at radius 1 is 1.06 bits per heavy atom. The number of methoxy groups -OCH3 is 2. The van der Waals surface area contributed by atoms with E-state index in [4.69, 9.17) is 9.47 Å². The van der Waals surface area contributed by atoms with Crippen LogP contribution in [0.3, 0.4) is 0 Å². The standard InChI is InChI=1S/C25H30N4O5S/c1-18-12-15-28(16-13-18)35(31,32)21-9-7-19(8-10-21)25(30)27-23-11-14-26-29(23)17-20-5-4-6-22(33-2)24(20)34-3/h4-11,14,18H,12-13,15-17H2,1-3H3,(H,27,30). The van der Waals surface area contributed by atoms with Crippen LogP contribution in [0, 0.1) is 5.92 Å². The van der Waals surface area contributed by atoms with Crippen molar-refractivity contribution in [3.8, 4) is 11.5 Å². The predicted molar refractivity (Wildman–Crippen MR) is 132 cm³/mol. The van der Waals surface area contributed by atoms with E-state index in [0.29, 0.717) is 48.4 Å². The van der Waals surface area contributed by atoms with Crippen molar-refractivity contribution < 1.29 is 22.7 Å². The van der Waals surface area contributed by atoms with Crippen LogP contribution in [0.25, 0.3) is 0 Å². The lowest BCUT2D eigenvalue weighted by Gasteiger charge is -2.29. The summed E-state index contributed by atoms with van der Waals surface area (Å²) in [6, 6.07) is 13.3. The van der Waals surface area contributed by atoms with Crippen LogP contribution in [0.5, 0.6) is 11.5 Å². The average Bonchev–Trinajstić information content (AvgIpc) is 3.30. The minimum Gasteiger partial charge on any atom is -0.493 e. The zero-order chi connectivity index (χ0) is 25.0. The molecule has 0 unspecified atom stereocenters. The highest BCUT2D eigenvalue weighted by atomic mass is 32.2. The number of benzene rings is 2. The Morgan fingerprint density at radius 2 is 1.77 bits per heavy atom. The third-order valence-corrected chi connectivity index (χ3v) is 8.17. The lowest BCUT2D eigenvalue weighted by Crippen LogP contribution is -2.37. The molecule has 0 aliphatic carbocycles. The molecule has 0 bridgehead atoms. The van der Waals surface area contributed by atoms with E-state index in [-0.39, 0.29) is 10.8 Å². The third kappa shape index (κ3) is 5.33. The van der Waals surface area contributed by atoms with Crippen molar-refractivity contribution in [3.05, 3.63) is 65.9 Å². The fourth-order valence-electron chi connectivity index (χ4n) is 4.15. The lowest BCUT2D eigenvalue weighted by molar-refractivity contribution is 0.102.